The molecule has 0 bridgehead atoms. The van der Waals surface area contributed by atoms with Crippen molar-refractivity contribution in [3.8, 4) is 0 Å². The van der Waals surface area contributed by atoms with Crippen LogP contribution in [0.4, 0.5) is 0 Å². The van der Waals surface area contributed by atoms with Crippen molar-refractivity contribution in [1.29, 1.82) is 0 Å². The van der Waals surface area contributed by atoms with Gasteiger partial charge in [0.1, 0.15) is 6.10 Å². The molecule has 1 aliphatic heterocycles. The highest BCUT2D eigenvalue weighted by Crippen LogP contribution is 2.37. The van der Waals surface area contributed by atoms with Gasteiger partial charge in [-0.15, -0.1) is 0 Å². The van der Waals surface area contributed by atoms with E-state index in [2.05, 4.69) is 81.4 Å². The van der Waals surface area contributed by atoms with E-state index < -0.39 is 8.32 Å². The van der Waals surface area contributed by atoms with Gasteiger partial charge in [0.25, 0.3) is 8.32 Å². The first-order chi connectivity index (χ1) is 12.5. The molecule has 2 aromatic carbocycles. The molecule has 2 aromatic rings. The summed E-state index contributed by atoms with van der Waals surface area (Å²) in [5, 5.41) is 11.8. The molecule has 4 heteroatoms. The Hall–Kier alpha value is -1.46. The minimum absolute atomic E-state index is 0.0133. The number of ether oxygens (including phenoxy) is 1. The highest BCUT2D eigenvalue weighted by Gasteiger charge is 2.50. The predicted octanol–water partition coefficient (Wildman–Crippen LogP) is 3.10. The van der Waals surface area contributed by atoms with E-state index in [4.69, 9.17) is 14.3 Å². The van der Waals surface area contributed by atoms with Gasteiger partial charge in [-0.05, 0) is 28.3 Å². The van der Waals surface area contributed by atoms with Gasteiger partial charge in [-0.1, -0.05) is 81.4 Å². The standard InChI is InChI=1S/C22H30O3Si/c1-22(2,3)26(18-11-6-4-7-12-18,19-13-8-5-9-14-19)24-16-10-15-20-21(17-23)25-20/h4-9,11-14,20-21,23H,10,15-17H2,1-3H3/t20-,21+/m1/s1. The van der Waals surface area contributed by atoms with E-state index in [1.807, 2.05) is 0 Å². The van der Waals surface area contributed by atoms with Gasteiger partial charge >= 0.3 is 0 Å². The highest BCUT2D eigenvalue weighted by atomic mass is 28.4. The molecule has 0 radical (unpaired) electrons. The van der Waals surface area contributed by atoms with Gasteiger partial charge in [-0.25, -0.2) is 0 Å². The van der Waals surface area contributed by atoms with Crippen molar-refractivity contribution in [2.24, 2.45) is 0 Å². The van der Waals surface area contributed by atoms with Crippen LogP contribution in [0, 0.1) is 0 Å². The Balaban J connectivity index is 1.85. The fraction of sp³-hybridized carbons (Fsp3) is 0.455. The molecule has 0 amide bonds. The van der Waals surface area contributed by atoms with E-state index in [1.165, 1.54) is 10.4 Å². The van der Waals surface area contributed by atoms with Crippen LogP contribution < -0.4 is 10.4 Å². The number of epoxide rings is 1. The topological polar surface area (TPSA) is 42.0 Å². The summed E-state index contributed by atoms with van der Waals surface area (Å²) in [6.45, 7) is 7.73. The third-order valence-corrected chi connectivity index (χ3v) is 10.3. The molecule has 140 valence electrons. The van der Waals surface area contributed by atoms with E-state index in [0.29, 0.717) is 6.61 Å². The smallest absolute Gasteiger partial charge is 0.261 e. The molecule has 2 atom stereocenters. The fourth-order valence-corrected chi connectivity index (χ4v) is 8.47. The summed E-state index contributed by atoms with van der Waals surface area (Å²) in [6.07, 6.45) is 2.15. The number of rotatable bonds is 8. The number of aliphatic hydroxyl groups excluding tert-OH is 1. The second-order valence-corrected chi connectivity index (χ2v) is 12.4. The van der Waals surface area contributed by atoms with Crippen LogP contribution in [-0.2, 0) is 9.16 Å². The van der Waals surface area contributed by atoms with Crippen LogP contribution >= 0.6 is 0 Å². The van der Waals surface area contributed by atoms with E-state index in [9.17, 15) is 0 Å². The Morgan fingerprint density at radius 3 is 1.88 bits per heavy atom. The normalized spacial score (nSPS) is 20.2. The molecule has 3 rings (SSSR count). The zero-order chi connectivity index (χ0) is 18.6. The Kier molecular flexibility index (Phi) is 5.98. The highest BCUT2D eigenvalue weighted by molar-refractivity contribution is 6.99. The Labute approximate surface area is 158 Å². The average molecular weight is 371 g/mol. The molecule has 0 aromatic heterocycles. The lowest BCUT2D eigenvalue weighted by molar-refractivity contribution is 0.240. The van der Waals surface area contributed by atoms with Crippen molar-refractivity contribution in [2.75, 3.05) is 13.2 Å². The van der Waals surface area contributed by atoms with Crippen LogP contribution in [0.3, 0.4) is 0 Å². The van der Waals surface area contributed by atoms with Crippen molar-refractivity contribution in [1.82, 2.24) is 0 Å². The van der Waals surface area contributed by atoms with Gasteiger partial charge in [0, 0.05) is 6.61 Å². The second-order valence-electron chi connectivity index (χ2n) is 8.05. The maximum atomic E-state index is 9.12. The number of aliphatic hydroxyl groups is 1. The van der Waals surface area contributed by atoms with Crippen molar-refractivity contribution < 1.29 is 14.3 Å². The molecule has 0 unspecified atom stereocenters. The summed E-state index contributed by atoms with van der Waals surface area (Å²) < 4.78 is 12.3. The molecule has 0 saturated carbocycles. The molecule has 1 fully saturated rings. The zero-order valence-electron chi connectivity index (χ0n) is 16.0. The minimum atomic E-state index is -2.42. The van der Waals surface area contributed by atoms with Crippen molar-refractivity contribution in [3.63, 3.8) is 0 Å². The summed E-state index contributed by atoms with van der Waals surface area (Å²) >= 11 is 0. The van der Waals surface area contributed by atoms with Crippen LogP contribution in [0.5, 0.6) is 0 Å². The molecular weight excluding hydrogens is 340 g/mol. The maximum absolute atomic E-state index is 9.12. The van der Waals surface area contributed by atoms with Crippen LogP contribution in [-0.4, -0.2) is 38.8 Å². The molecule has 1 saturated heterocycles. The lowest BCUT2D eigenvalue weighted by Crippen LogP contribution is -2.66. The number of benzene rings is 2. The molecule has 3 nitrogen and oxygen atoms in total. The summed E-state index contributed by atoms with van der Waals surface area (Å²) in [5.74, 6) is 0. The Morgan fingerprint density at radius 1 is 0.923 bits per heavy atom. The predicted molar refractivity (Wildman–Crippen MR) is 109 cm³/mol. The monoisotopic (exact) mass is 370 g/mol. The third-order valence-electron chi connectivity index (χ3n) is 5.24. The summed E-state index contributed by atoms with van der Waals surface area (Å²) in [7, 11) is -2.42. The number of hydrogen-bond donors (Lipinski definition) is 1. The average Bonchev–Trinajstić information content (AvgIpc) is 3.41. The zero-order valence-corrected chi connectivity index (χ0v) is 17.0. The minimum Gasteiger partial charge on any atom is -0.407 e. The molecule has 26 heavy (non-hydrogen) atoms. The quantitative estimate of drug-likeness (QED) is 0.441. The Bertz CT molecular complexity index is 642. The largest absolute Gasteiger partial charge is 0.407 e. The van der Waals surface area contributed by atoms with Crippen molar-refractivity contribution >= 4 is 18.7 Å². The van der Waals surface area contributed by atoms with E-state index in [1.54, 1.807) is 0 Å². The SMILES string of the molecule is CC(C)(C)[Si](OCCC[C@H]1O[C@H]1CO)(c1ccccc1)c1ccccc1. The Morgan fingerprint density at radius 2 is 1.46 bits per heavy atom. The fourth-order valence-electron chi connectivity index (χ4n) is 3.87. The van der Waals surface area contributed by atoms with Gasteiger partial charge in [0.05, 0.1) is 12.7 Å². The van der Waals surface area contributed by atoms with Gasteiger partial charge in [-0.2, -0.15) is 0 Å². The van der Waals surface area contributed by atoms with Gasteiger partial charge in [-0.3, -0.25) is 0 Å². The van der Waals surface area contributed by atoms with Crippen LogP contribution in [0.2, 0.25) is 5.04 Å². The lowest BCUT2D eigenvalue weighted by Gasteiger charge is -2.43. The number of hydrogen-bond acceptors (Lipinski definition) is 3. The molecule has 0 spiro atoms. The molecular formula is C22H30O3Si. The molecule has 1 heterocycles. The molecule has 0 aliphatic carbocycles. The first kappa shape index (κ1) is 19.3. The molecule has 1 N–H and O–H groups in total. The first-order valence-corrected chi connectivity index (χ1v) is 11.4. The lowest BCUT2D eigenvalue weighted by atomic mass is 10.2. The van der Waals surface area contributed by atoms with Gasteiger partial charge in [0.15, 0.2) is 0 Å². The van der Waals surface area contributed by atoms with E-state index >= 15 is 0 Å². The summed E-state index contributed by atoms with van der Waals surface area (Å²) in [5.41, 5.74) is 0. The van der Waals surface area contributed by atoms with Crippen LogP contribution in [0.1, 0.15) is 33.6 Å². The van der Waals surface area contributed by atoms with Crippen molar-refractivity contribution in [3.05, 3.63) is 60.7 Å². The molecule has 1 aliphatic rings. The van der Waals surface area contributed by atoms with E-state index in [-0.39, 0.29) is 23.9 Å². The van der Waals surface area contributed by atoms with E-state index in [0.717, 1.165) is 12.8 Å². The van der Waals surface area contributed by atoms with Gasteiger partial charge in [0.2, 0.25) is 0 Å². The first-order valence-electron chi connectivity index (χ1n) is 9.50. The van der Waals surface area contributed by atoms with Crippen molar-refractivity contribution in [2.45, 2.75) is 50.9 Å². The van der Waals surface area contributed by atoms with Crippen LogP contribution in [0.15, 0.2) is 60.7 Å². The van der Waals surface area contributed by atoms with Gasteiger partial charge < -0.3 is 14.3 Å². The third kappa shape index (κ3) is 3.94. The maximum Gasteiger partial charge on any atom is 0.261 e. The second kappa shape index (κ2) is 8.05. The summed E-state index contributed by atoms with van der Waals surface area (Å²) in [6, 6.07) is 21.4. The summed E-state index contributed by atoms with van der Waals surface area (Å²) in [4.78, 5) is 0. The van der Waals surface area contributed by atoms with Crippen LogP contribution in [0.25, 0.3) is 0 Å².